The molecule has 4 rings (SSSR count). The van der Waals surface area contributed by atoms with E-state index in [0.29, 0.717) is 11.4 Å². The van der Waals surface area contributed by atoms with Crippen molar-refractivity contribution in [3.05, 3.63) is 84.4 Å². The third kappa shape index (κ3) is 3.40. The second-order valence-electron chi connectivity index (χ2n) is 6.52. The standard InChI is InChI=1S/C23H19N5/c1-2-21(16-7-4-3-5-8-16)27-23-18(12-24)11-17-9-6-10-20(22(17)28-23)19-13-25-15-26-14-19/h3-11,13-15,21H,2H2,1H3,(H,27,28)/t21-/m1/s1. The van der Waals surface area contributed by atoms with Crippen LogP contribution in [0.15, 0.2) is 73.3 Å². The van der Waals surface area contributed by atoms with Crippen molar-refractivity contribution in [2.75, 3.05) is 5.32 Å². The van der Waals surface area contributed by atoms with Crippen LogP contribution < -0.4 is 5.32 Å². The average molecular weight is 365 g/mol. The van der Waals surface area contributed by atoms with E-state index in [1.807, 2.05) is 42.5 Å². The number of fused-ring (bicyclic) bond motifs is 1. The van der Waals surface area contributed by atoms with E-state index in [1.165, 1.54) is 11.9 Å². The Morgan fingerprint density at radius 1 is 1.04 bits per heavy atom. The lowest BCUT2D eigenvalue weighted by molar-refractivity contribution is 0.745. The van der Waals surface area contributed by atoms with Gasteiger partial charge in [-0.05, 0) is 18.1 Å². The lowest BCUT2D eigenvalue weighted by Crippen LogP contribution is -2.12. The highest BCUT2D eigenvalue weighted by molar-refractivity contribution is 5.95. The lowest BCUT2D eigenvalue weighted by atomic mass is 10.0. The first-order chi connectivity index (χ1) is 13.8. The minimum Gasteiger partial charge on any atom is -0.362 e. The number of aromatic nitrogens is 3. The Balaban J connectivity index is 1.83. The van der Waals surface area contributed by atoms with Crippen LogP contribution in [0.1, 0.15) is 30.5 Å². The number of hydrogen-bond donors (Lipinski definition) is 1. The van der Waals surface area contributed by atoms with Crippen LogP contribution in [0.25, 0.3) is 22.0 Å². The quantitative estimate of drug-likeness (QED) is 0.531. The number of pyridine rings is 1. The number of benzene rings is 2. The summed E-state index contributed by atoms with van der Waals surface area (Å²) in [6, 6.07) is 20.4. The van der Waals surface area contributed by atoms with Crippen LogP contribution in [0.4, 0.5) is 5.82 Å². The smallest absolute Gasteiger partial charge is 0.145 e. The molecule has 136 valence electrons. The second-order valence-corrected chi connectivity index (χ2v) is 6.52. The number of nitrogens with zero attached hydrogens (tertiary/aromatic N) is 4. The molecule has 0 spiro atoms. The van der Waals surface area contributed by atoms with Crippen LogP contribution in [0.3, 0.4) is 0 Å². The fraction of sp³-hybridized carbons (Fsp3) is 0.130. The van der Waals surface area contributed by atoms with Crippen molar-refractivity contribution in [3.8, 4) is 17.2 Å². The average Bonchev–Trinajstić information content (AvgIpc) is 2.77. The van der Waals surface area contributed by atoms with Gasteiger partial charge in [-0.2, -0.15) is 5.26 Å². The molecule has 1 atom stereocenters. The Hall–Kier alpha value is -3.78. The SMILES string of the molecule is CC[C@@H](Nc1nc2c(-c3cncnc3)cccc2cc1C#N)c1ccccc1. The van der Waals surface area contributed by atoms with Crippen LogP contribution in [-0.4, -0.2) is 15.0 Å². The molecule has 0 aliphatic carbocycles. The Bertz CT molecular complexity index is 1130. The van der Waals surface area contributed by atoms with Crippen molar-refractivity contribution >= 4 is 16.7 Å². The Kier molecular flexibility index (Phi) is 4.94. The van der Waals surface area contributed by atoms with E-state index in [-0.39, 0.29) is 6.04 Å². The highest BCUT2D eigenvalue weighted by Gasteiger charge is 2.15. The predicted molar refractivity (Wildman–Crippen MR) is 111 cm³/mol. The molecule has 0 radical (unpaired) electrons. The Labute approximate surface area is 163 Å². The molecule has 4 aromatic rings. The topological polar surface area (TPSA) is 74.5 Å². The third-order valence-corrected chi connectivity index (χ3v) is 4.76. The van der Waals surface area contributed by atoms with Gasteiger partial charge in [0.2, 0.25) is 0 Å². The molecule has 2 heterocycles. The summed E-state index contributed by atoms with van der Waals surface area (Å²) in [4.78, 5) is 13.1. The van der Waals surface area contributed by atoms with E-state index in [1.54, 1.807) is 12.4 Å². The van der Waals surface area contributed by atoms with Gasteiger partial charge >= 0.3 is 0 Å². The fourth-order valence-electron chi connectivity index (χ4n) is 3.34. The molecule has 5 heteroatoms. The largest absolute Gasteiger partial charge is 0.362 e. The molecule has 1 N–H and O–H groups in total. The van der Waals surface area contributed by atoms with Gasteiger partial charge in [0.05, 0.1) is 17.1 Å². The highest BCUT2D eigenvalue weighted by atomic mass is 15.0. The maximum absolute atomic E-state index is 9.67. The summed E-state index contributed by atoms with van der Waals surface area (Å²) < 4.78 is 0. The molecule has 2 aromatic heterocycles. The minimum absolute atomic E-state index is 0.0745. The number of hydrogen-bond acceptors (Lipinski definition) is 5. The molecule has 0 saturated heterocycles. The molecule has 0 bridgehead atoms. The molecular weight excluding hydrogens is 346 g/mol. The lowest BCUT2D eigenvalue weighted by Gasteiger charge is -2.19. The predicted octanol–water partition coefficient (Wildman–Crippen LogP) is 5.13. The summed E-state index contributed by atoms with van der Waals surface area (Å²) in [6.07, 6.45) is 5.93. The summed E-state index contributed by atoms with van der Waals surface area (Å²) in [6.45, 7) is 2.12. The first-order valence-corrected chi connectivity index (χ1v) is 9.21. The van der Waals surface area contributed by atoms with Crippen LogP contribution in [0.5, 0.6) is 0 Å². The van der Waals surface area contributed by atoms with E-state index in [4.69, 9.17) is 4.98 Å². The van der Waals surface area contributed by atoms with Crippen LogP contribution in [0, 0.1) is 11.3 Å². The first-order valence-electron chi connectivity index (χ1n) is 9.21. The molecule has 0 saturated carbocycles. The third-order valence-electron chi connectivity index (χ3n) is 4.76. The van der Waals surface area contributed by atoms with Crippen molar-refractivity contribution in [2.24, 2.45) is 0 Å². The number of anilines is 1. The first kappa shape index (κ1) is 17.6. The van der Waals surface area contributed by atoms with Gasteiger partial charge < -0.3 is 5.32 Å². The van der Waals surface area contributed by atoms with Crippen LogP contribution in [0.2, 0.25) is 0 Å². The summed E-state index contributed by atoms with van der Waals surface area (Å²) in [5.74, 6) is 0.593. The van der Waals surface area contributed by atoms with E-state index >= 15 is 0 Å². The van der Waals surface area contributed by atoms with Crippen molar-refractivity contribution in [3.63, 3.8) is 0 Å². The zero-order valence-corrected chi connectivity index (χ0v) is 15.5. The van der Waals surface area contributed by atoms with Gasteiger partial charge in [0.1, 0.15) is 18.2 Å². The number of rotatable bonds is 5. The van der Waals surface area contributed by atoms with Gasteiger partial charge in [-0.25, -0.2) is 15.0 Å². The van der Waals surface area contributed by atoms with Crippen molar-refractivity contribution < 1.29 is 0 Å². The summed E-state index contributed by atoms with van der Waals surface area (Å²) in [7, 11) is 0. The summed E-state index contributed by atoms with van der Waals surface area (Å²) >= 11 is 0. The molecular formula is C23H19N5. The number of nitriles is 1. The van der Waals surface area contributed by atoms with Crippen LogP contribution >= 0.6 is 0 Å². The van der Waals surface area contributed by atoms with Crippen molar-refractivity contribution in [1.29, 1.82) is 5.26 Å². The summed E-state index contributed by atoms with van der Waals surface area (Å²) in [5.41, 5.74) is 4.36. The molecule has 5 nitrogen and oxygen atoms in total. The molecule has 0 fully saturated rings. The Morgan fingerprint density at radius 3 is 2.54 bits per heavy atom. The summed E-state index contributed by atoms with van der Waals surface area (Å²) in [5, 5.41) is 14.1. The molecule has 0 amide bonds. The van der Waals surface area contributed by atoms with E-state index in [2.05, 4.69) is 40.4 Å². The van der Waals surface area contributed by atoms with Gasteiger partial charge in [-0.15, -0.1) is 0 Å². The molecule has 0 aliphatic rings. The molecule has 28 heavy (non-hydrogen) atoms. The minimum atomic E-state index is 0.0745. The second kappa shape index (κ2) is 7.85. The van der Waals surface area contributed by atoms with Gasteiger partial charge in [0.15, 0.2) is 0 Å². The monoisotopic (exact) mass is 365 g/mol. The number of nitrogens with one attached hydrogen (secondary N) is 1. The maximum Gasteiger partial charge on any atom is 0.145 e. The van der Waals surface area contributed by atoms with Crippen molar-refractivity contribution in [2.45, 2.75) is 19.4 Å². The van der Waals surface area contributed by atoms with Gasteiger partial charge in [0, 0.05) is 28.9 Å². The maximum atomic E-state index is 9.67. The van der Waals surface area contributed by atoms with E-state index in [9.17, 15) is 5.26 Å². The van der Waals surface area contributed by atoms with E-state index in [0.717, 1.165) is 28.5 Å². The van der Waals surface area contributed by atoms with Crippen molar-refractivity contribution in [1.82, 2.24) is 15.0 Å². The fourth-order valence-corrected chi connectivity index (χ4v) is 3.34. The molecule has 0 aliphatic heterocycles. The highest BCUT2D eigenvalue weighted by Crippen LogP contribution is 2.31. The van der Waals surface area contributed by atoms with Gasteiger partial charge in [-0.1, -0.05) is 55.5 Å². The van der Waals surface area contributed by atoms with Gasteiger partial charge in [-0.3, -0.25) is 0 Å². The normalized spacial score (nSPS) is 11.7. The molecule has 0 unspecified atom stereocenters. The van der Waals surface area contributed by atoms with Gasteiger partial charge in [0.25, 0.3) is 0 Å². The Morgan fingerprint density at radius 2 is 1.82 bits per heavy atom. The van der Waals surface area contributed by atoms with E-state index < -0.39 is 0 Å². The zero-order chi connectivity index (χ0) is 19.3. The molecule has 2 aromatic carbocycles. The van der Waals surface area contributed by atoms with Crippen LogP contribution in [-0.2, 0) is 0 Å². The zero-order valence-electron chi connectivity index (χ0n) is 15.5. The number of para-hydroxylation sites is 1.